The molecule has 0 amide bonds. The van der Waals surface area contributed by atoms with Gasteiger partial charge in [-0.15, -0.1) is 0 Å². The first-order chi connectivity index (χ1) is 7.49. The third-order valence-electron chi connectivity index (χ3n) is 2.81. The Morgan fingerprint density at radius 3 is 2.44 bits per heavy atom. The van der Waals surface area contributed by atoms with E-state index >= 15 is 0 Å². The highest BCUT2D eigenvalue weighted by Gasteiger charge is 2.19. The molecule has 0 bridgehead atoms. The number of rotatable bonds is 4. The second-order valence-electron chi connectivity index (χ2n) is 4.46. The Kier molecular flexibility index (Phi) is 4.33. The van der Waals surface area contributed by atoms with E-state index in [1.165, 1.54) is 0 Å². The van der Waals surface area contributed by atoms with Crippen LogP contribution in [0.1, 0.15) is 42.6 Å². The number of aromatic hydroxyl groups is 1. The molecular weight excluding hydrogens is 202 g/mol. The lowest BCUT2D eigenvalue weighted by Gasteiger charge is -2.20. The zero-order chi connectivity index (χ0) is 12.3. The predicted octanol–water partition coefficient (Wildman–Crippen LogP) is 2.08. The summed E-state index contributed by atoms with van der Waals surface area (Å²) in [6.07, 6.45) is -0.665. The van der Waals surface area contributed by atoms with Crippen molar-refractivity contribution in [3.63, 3.8) is 0 Å². The van der Waals surface area contributed by atoms with Crippen LogP contribution in [0, 0.1) is 6.92 Å². The van der Waals surface area contributed by atoms with Gasteiger partial charge in [-0.2, -0.15) is 0 Å². The molecule has 1 atom stereocenters. The van der Waals surface area contributed by atoms with E-state index < -0.39 is 6.10 Å². The van der Waals surface area contributed by atoms with Gasteiger partial charge in [0.05, 0.1) is 6.10 Å². The van der Waals surface area contributed by atoms with Gasteiger partial charge in [0.25, 0.3) is 0 Å². The van der Waals surface area contributed by atoms with Crippen LogP contribution in [0.25, 0.3) is 0 Å². The second-order valence-corrected chi connectivity index (χ2v) is 4.46. The molecule has 0 aliphatic heterocycles. The molecule has 3 nitrogen and oxygen atoms in total. The average Bonchev–Trinajstić information content (AvgIpc) is 2.21. The third-order valence-corrected chi connectivity index (χ3v) is 2.81. The zero-order valence-electron chi connectivity index (χ0n) is 10.4. The normalized spacial score (nSPS) is 13.1. The van der Waals surface area contributed by atoms with Gasteiger partial charge < -0.3 is 15.5 Å². The molecule has 0 aromatic heterocycles. The van der Waals surface area contributed by atoms with Crippen molar-refractivity contribution >= 4 is 0 Å². The van der Waals surface area contributed by atoms with Crippen molar-refractivity contribution in [1.82, 2.24) is 5.32 Å². The van der Waals surface area contributed by atoms with Crippen molar-refractivity contribution in [2.45, 2.75) is 32.8 Å². The lowest BCUT2D eigenvalue weighted by molar-refractivity contribution is 0.172. The number of aliphatic hydroxyl groups excluding tert-OH is 1. The van der Waals surface area contributed by atoms with E-state index in [1.807, 2.05) is 19.1 Å². The minimum atomic E-state index is -0.665. The third kappa shape index (κ3) is 2.54. The molecule has 3 N–H and O–H groups in total. The molecule has 90 valence electrons. The lowest BCUT2D eigenvalue weighted by atomic mass is 9.91. The van der Waals surface area contributed by atoms with Gasteiger partial charge in [0.15, 0.2) is 0 Å². The monoisotopic (exact) mass is 223 g/mol. The number of phenols is 1. The highest BCUT2D eigenvalue weighted by atomic mass is 16.3. The molecule has 0 saturated heterocycles. The quantitative estimate of drug-likeness (QED) is 0.732. The molecule has 0 radical (unpaired) electrons. The molecule has 0 fully saturated rings. The lowest BCUT2D eigenvalue weighted by Crippen LogP contribution is -2.18. The molecule has 16 heavy (non-hydrogen) atoms. The van der Waals surface area contributed by atoms with Crippen molar-refractivity contribution < 1.29 is 10.2 Å². The molecule has 0 spiro atoms. The van der Waals surface area contributed by atoms with Crippen LogP contribution >= 0.6 is 0 Å². The summed E-state index contributed by atoms with van der Waals surface area (Å²) in [6, 6.07) is 3.87. The summed E-state index contributed by atoms with van der Waals surface area (Å²) >= 11 is 0. The van der Waals surface area contributed by atoms with Crippen LogP contribution in [0.5, 0.6) is 5.75 Å². The van der Waals surface area contributed by atoms with Gasteiger partial charge in [-0.1, -0.05) is 26.0 Å². The largest absolute Gasteiger partial charge is 0.507 e. The highest BCUT2D eigenvalue weighted by Crippen LogP contribution is 2.34. The molecule has 1 unspecified atom stereocenters. The molecule has 3 heteroatoms. The predicted molar refractivity (Wildman–Crippen MR) is 65.8 cm³/mol. The van der Waals surface area contributed by atoms with Crippen LogP contribution in [0.3, 0.4) is 0 Å². The van der Waals surface area contributed by atoms with E-state index in [4.69, 9.17) is 0 Å². The number of hydrogen-bond donors (Lipinski definition) is 3. The Balaban J connectivity index is 3.25. The van der Waals surface area contributed by atoms with E-state index in [1.54, 1.807) is 7.05 Å². The first-order valence-electron chi connectivity index (χ1n) is 5.64. The van der Waals surface area contributed by atoms with Crippen molar-refractivity contribution in [3.05, 3.63) is 28.8 Å². The van der Waals surface area contributed by atoms with Gasteiger partial charge in [0, 0.05) is 12.1 Å². The smallest absolute Gasteiger partial charge is 0.124 e. The maximum absolute atomic E-state index is 10.0. The summed E-state index contributed by atoms with van der Waals surface area (Å²) in [5, 5.41) is 23.0. The number of hydrogen-bond acceptors (Lipinski definition) is 3. The van der Waals surface area contributed by atoms with Gasteiger partial charge in [-0.3, -0.25) is 0 Å². The SMILES string of the molecule is CNCC(O)c1c(C(C)C)ccc(C)c1O. The van der Waals surface area contributed by atoms with Gasteiger partial charge >= 0.3 is 0 Å². The van der Waals surface area contributed by atoms with Crippen molar-refractivity contribution in [2.75, 3.05) is 13.6 Å². The summed E-state index contributed by atoms with van der Waals surface area (Å²) in [4.78, 5) is 0. The zero-order valence-corrected chi connectivity index (χ0v) is 10.4. The minimum Gasteiger partial charge on any atom is -0.507 e. The highest BCUT2D eigenvalue weighted by molar-refractivity contribution is 5.47. The van der Waals surface area contributed by atoms with Crippen molar-refractivity contribution in [3.8, 4) is 5.75 Å². The fourth-order valence-electron chi connectivity index (χ4n) is 1.88. The number of nitrogens with one attached hydrogen (secondary N) is 1. The van der Waals surface area contributed by atoms with E-state index in [0.717, 1.165) is 11.1 Å². The van der Waals surface area contributed by atoms with Crippen LogP contribution in [0.15, 0.2) is 12.1 Å². The molecule has 0 aliphatic carbocycles. The number of aryl methyl sites for hydroxylation is 1. The van der Waals surface area contributed by atoms with Gasteiger partial charge in [-0.05, 0) is 31.0 Å². The standard InChI is InChI=1S/C13H21NO2/c1-8(2)10-6-5-9(3)13(16)12(10)11(15)7-14-4/h5-6,8,11,14-16H,7H2,1-4H3. The topological polar surface area (TPSA) is 52.5 Å². The van der Waals surface area contributed by atoms with E-state index in [0.29, 0.717) is 12.1 Å². The Morgan fingerprint density at radius 2 is 1.94 bits per heavy atom. The molecule has 0 heterocycles. The van der Waals surface area contributed by atoms with Crippen molar-refractivity contribution in [2.24, 2.45) is 0 Å². The number of likely N-dealkylation sites (N-methyl/N-ethyl adjacent to an activating group) is 1. The number of phenolic OH excluding ortho intramolecular Hbond substituents is 1. The van der Waals surface area contributed by atoms with Gasteiger partial charge in [0.2, 0.25) is 0 Å². The Bertz CT molecular complexity index is 361. The molecule has 0 saturated carbocycles. The molecule has 0 aliphatic rings. The minimum absolute atomic E-state index is 0.217. The van der Waals surface area contributed by atoms with Crippen LogP contribution in [-0.4, -0.2) is 23.8 Å². The fraction of sp³-hybridized carbons (Fsp3) is 0.538. The maximum atomic E-state index is 10.0. The summed E-state index contributed by atoms with van der Waals surface area (Å²) in [7, 11) is 1.78. The van der Waals surface area contributed by atoms with Crippen LogP contribution in [0.2, 0.25) is 0 Å². The van der Waals surface area contributed by atoms with Crippen LogP contribution in [0.4, 0.5) is 0 Å². The number of aliphatic hydroxyl groups is 1. The van der Waals surface area contributed by atoms with Gasteiger partial charge in [-0.25, -0.2) is 0 Å². The van der Waals surface area contributed by atoms with E-state index in [9.17, 15) is 10.2 Å². The first-order valence-corrected chi connectivity index (χ1v) is 5.64. The average molecular weight is 223 g/mol. The Hall–Kier alpha value is -1.06. The van der Waals surface area contributed by atoms with Crippen molar-refractivity contribution in [1.29, 1.82) is 0 Å². The van der Waals surface area contributed by atoms with Crippen LogP contribution < -0.4 is 5.32 Å². The van der Waals surface area contributed by atoms with E-state index in [2.05, 4.69) is 19.2 Å². The summed E-state index contributed by atoms with van der Waals surface area (Å²) in [5.74, 6) is 0.502. The molecule has 1 aromatic rings. The Morgan fingerprint density at radius 1 is 1.31 bits per heavy atom. The molecule has 1 rings (SSSR count). The second kappa shape index (κ2) is 5.32. The summed E-state index contributed by atoms with van der Waals surface area (Å²) < 4.78 is 0. The fourth-order valence-corrected chi connectivity index (χ4v) is 1.88. The van der Waals surface area contributed by atoms with Crippen LogP contribution in [-0.2, 0) is 0 Å². The van der Waals surface area contributed by atoms with E-state index in [-0.39, 0.29) is 11.7 Å². The molecule has 1 aromatic carbocycles. The maximum Gasteiger partial charge on any atom is 0.124 e. The number of benzene rings is 1. The summed E-state index contributed by atoms with van der Waals surface area (Å²) in [6.45, 7) is 6.39. The van der Waals surface area contributed by atoms with Gasteiger partial charge in [0.1, 0.15) is 5.75 Å². The first kappa shape index (κ1) is 13.0. The molecular formula is C13H21NO2. The Labute approximate surface area is 97.1 Å². The summed E-state index contributed by atoms with van der Waals surface area (Å²) in [5.41, 5.74) is 2.46.